The number of nitrogens with zero attached hydrogens (tertiary/aromatic N) is 2. The zero-order chi connectivity index (χ0) is 22.1. The van der Waals surface area contributed by atoms with Gasteiger partial charge in [-0.15, -0.1) is 0 Å². The third kappa shape index (κ3) is 3.97. The number of hydrogen-bond acceptors (Lipinski definition) is 4. The smallest absolute Gasteiger partial charge is 0.258 e. The number of amides is 1. The normalized spacial score (nSPS) is 12.1. The van der Waals surface area contributed by atoms with Crippen molar-refractivity contribution in [1.29, 1.82) is 0 Å². The van der Waals surface area contributed by atoms with Crippen LogP contribution in [-0.4, -0.2) is 32.8 Å². The molecule has 0 aliphatic carbocycles. The maximum atomic E-state index is 13.2. The number of aromatic nitrogens is 3. The Morgan fingerprint density at radius 1 is 1.26 bits per heavy atom. The number of carbonyl (C=O) groups excluding carboxylic acids is 1. The lowest BCUT2D eigenvalue weighted by Gasteiger charge is -2.15. The molecule has 0 aliphatic rings. The molecular formula is C23H21ClN4O3. The maximum absolute atomic E-state index is 13.2. The summed E-state index contributed by atoms with van der Waals surface area (Å²) in [7, 11) is 1.57. The van der Waals surface area contributed by atoms with E-state index in [2.05, 4.69) is 15.5 Å². The van der Waals surface area contributed by atoms with Gasteiger partial charge in [0.1, 0.15) is 0 Å². The van der Waals surface area contributed by atoms with Crippen molar-refractivity contribution in [3.05, 3.63) is 87.1 Å². The lowest BCUT2D eigenvalue weighted by Crippen LogP contribution is -2.22. The molecule has 0 spiro atoms. The van der Waals surface area contributed by atoms with E-state index in [1.807, 2.05) is 18.2 Å². The minimum Gasteiger partial charge on any atom is -0.389 e. The number of hydrogen-bond donors (Lipinski definition) is 3. The van der Waals surface area contributed by atoms with Crippen LogP contribution in [0.3, 0.4) is 0 Å². The highest BCUT2D eigenvalue weighted by Crippen LogP contribution is 2.30. The quantitative estimate of drug-likeness (QED) is 0.445. The molecule has 2 heterocycles. The fourth-order valence-corrected chi connectivity index (χ4v) is 3.88. The molecule has 0 saturated carbocycles. The highest BCUT2D eigenvalue weighted by molar-refractivity contribution is 6.32. The predicted octanol–water partition coefficient (Wildman–Crippen LogP) is 3.51. The molecule has 0 aliphatic heterocycles. The Morgan fingerprint density at radius 2 is 2.06 bits per heavy atom. The van der Waals surface area contributed by atoms with Crippen molar-refractivity contribution in [1.82, 2.24) is 20.1 Å². The molecule has 0 fully saturated rings. The molecule has 0 saturated heterocycles. The van der Waals surface area contributed by atoms with Crippen molar-refractivity contribution in [2.45, 2.75) is 19.6 Å². The number of rotatable bonds is 5. The molecule has 2 aromatic carbocycles. The van der Waals surface area contributed by atoms with Crippen molar-refractivity contribution < 1.29 is 9.90 Å². The summed E-state index contributed by atoms with van der Waals surface area (Å²) in [4.78, 5) is 25.1. The van der Waals surface area contributed by atoms with Gasteiger partial charge in [-0.2, -0.15) is 5.10 Å². The first kappa shape index (κ1) is 20.8. The van der Waals surface area contributed by atoms with Crippen LogP contribution in [0, 0.1) is 0 Å². The molecule has 31 heavy (non-hydrogen) atoms. The maximum Gasteiger partial charge on any atom is 0.258 e. The molecule has 1 unspecified atom stereocenters. The molecule has 8 heteroatoms. The van der Waals surface area contributed by atoms with Gasteiger partial charge < -0.3 is 15.0 Å². The van der Waals surface area contributed by atoms with E-state index in [4.69, 9.17) is 11.6 Å². The number of aromatic amines is 1. The van der Waals surface area contributed by atoms with Crippen molar-refractivity contribution in [2.75, 3.05) is 7.05 Å². The van der Waals surface area contributed by atoms with E-state index < -0.39 is 6.10 Å². The second-order valence-electron chi connectivity index (χ2n) is 7.32. The zero-order valence-corrected chi connectivity index (χ0v) is 17.8. The summed E-state index contributed by atoms with van der Waals surface area (Å²) in [6, 6.07) is 12.5. The van der Waals surface area contributed by atoms with Gasteiger partial charge in [0.25, 0.3) is 11.5 Å². The molecular weight excluding hydrogens is 416 g/mol. The van der Waals surface area contributed by atoms with E-state index in [-0.39, 0.29) is 18.0 Å². The SMILES string of the molecule is CNC(=O)c1cccc(Cn2cc(C(C)O)c3cc(-c4c[nH]nc4Cl)ccc3c2=O)c1. The van der Waals surface area contributed by atoms with E-state index in [0.717, 1.165) is 16.7 Å². The van der Waals surface area contributed by atoms with Gasteiger partial charge in [0.05, 0.1) is 12.6 Å². The molecule has 0 radical (unpaired) electrons. The Labute approximate surface area is 183 Å². The second-order valence-corrected chi connectivity index (χ2v) is 7.68. The third-order valence-corrected chi connectivity index (χ3v) is 5.53. The van der Waals surface area contributed by atoms with E-state index in [1.54, 1.807) is 55.2 Å². The summed E-state index contributed by atoms with van der Waals surface area (Å²) in [5.41, 5.74) is 3.28. The van der Waals surface area contributed by atoms with E-state index in [9.17, 15) is 14.7 Å². The van der Waals surface area contributed by atoms with Crippen LogP contribution in [0.25, 0.3) is 21.9 Å². The Bertz CT molecular complexity index is 1340. The summed E-state index contributed by atoms with van der Waals surface area (Å²) in [6.45, 7) is 1.93. The number of nitrogens with one attached hydrogen (secondary N) is 2. The van der Waals surface area contributed by atoms with Gasteiger partial charge in [0.15, 0.2) is 5.15 Å². The van der Waals surface area contributed by atoms with Gasteiger partial charge in [-0.05, 0) is 47.7 Å². The molecule has 0 bridgehead atoms. The average molecular weight is 437 g/mol. The molecule has 158 valence electrons. The Hall–Kier alpha value is -3.42. The summed E-state index contributed by atoms with van der Waals surface area (Å²) >= 11 is 6.13. The van der Waals surface area contributed by atoms with E-state index in [1.165, 1.54) is 0 Å². The van der Waals surface area contributed by atoms with E-state index in [0.29, 0.717) is 27.1 Å². The molecule has 2 aromatic heterocycles. The molecule has 4 rings (SSSR count). The second kappa shape index (κ2) is 8.37. The van der Waals surface area contributed by atoms with Crippen molar-refractivity contribution in [3.63, 3.8) is 0 Å². The number of aliphatic hydroxyl groups is 1. The average Bonchev–Trinajstić information content (AvgIpc) is 3.20. The van der Waals surface area contributed by atoms with Crippen LogP contribution in [0.15, 0.2) is 59.7 Å². The number of benzene rings is 2. The van der Waals surface area contributed by atoms with Crippen LogP contribution in [-0.2, 0) is 6.54 Å². The highest BCUT2D eigenvalue weighted by Gasteiger charge is 2.15. The molecule has 4 aromatic rings. The standard InChI is InChI=1S/C23H21ClN4O3/c1-13(29)20-12-28(11-14-4-3-5-16(8-14)22(30)25-2)23(31)17-7-6-15(9-18(17)20)19-10-26-27-21(19)24/h3-10,12-13,29H,11H2,1-2H3,(H,25,30)(H,26,27). The summed E-state index contributed by atoms with van der Waals surface area (Å²) < 4.78 is 1.55. The monoisotopic (exact) mass is 436 g/mol. The Balaban J connectivity index is 1.83. The fourth-order valence-electron chi connectivity index (χ4n) is 3.67. The summed E-state index contributed by atoms with van der Waals surface area (Å²) in [6.07, 6.45) is 2.57. The predicted molar refractivity (Wildman–Crippen MR) is 120 cm³/mol. The van der Waals surface area contributed by atoms with Gasteiger partial charge in [-0.1, -0.05) is 29.8 Å². The van der Waals surface area contributed by atoms with Crippen LogP contribution < -0.4 is 10.9 Å². The minimum atomic E-state index is -0.790. The summed E-state index contributed by atoms with van der Waals surface area (Å²) in [5, 5.41) is 21.1. The molecule has 3 N–H and O–H groups in total. The van der Waals surface area contributed by atoms with Crippen LogP contribution in [0.2, 0.25) is 5.15 Å². The Morgan fingerprint density at radius 3 is 2.74 bits per heavy atom. The number of aliphatic hydroxyl groups excluding tert-OH is 1. The van der Waals surface area contributed by atoms with Crippen LogP contribution in [0.4, 0.5) is 0 Å². The van der Waals surface area contributed by atoms with Crippen molar-refractivity contribution in [3.8, 4) is 11.1 Å². The van der Waals surface area contributed by atoms with Crippen LogP contribution >= 0.6 is 11.6 Å². The number of pyridine rings is 1. The fraction of sp³-hybridized carbons (Fsp3) is 0.174. The van der Waals surface area contributed by atoms with Crippen LogP contribution in [0.5, 0.6) is 0 Å². The molecule has 7 nitrogen and oxygen atoms in total. The first-order valence-electron chi connectivity index (χ1n) is 9.75. The van der Waals surface area contributed by atoms with Crippen molar-refractivity contribution in [2.24, 2.45) is 0 Å². The molecule has 1 atom stereocenters. The zero-order valence-electron chi connectivity index (χ0n) is 17.0. The van der Waals surface area contributed by atoms with Gasteiger partial charge in [0.2, 0.25) is 0 Å². The highest BCUT2D eigenvalue weighted by atomic mass is 35.5. The third-order valence-electron chi connectivity index (χ3n) is 5.24. The first-order chi connectivity index (χ1) is 14.9. The van der Waals surface area contributed by atoms with Gasteiger partial charge in [0, 0.05) is 41.5 Å². The van der Waals surface area contributed by atoms with Gasteiger partial charge in [-0.3, -0.25) is 14.7 Å². The lowest BCUT2D eigenvalue weighted by molar-refractivity contribution is 0.0963. The largest absolute Gasteiger partial charge is 0.389 e. The minimum absolute atomic E-state index is 0.186. The Kier molecular flexibility index (Phi) is 5.63. The number of carbonyl (C=O) groups is 1. The summed E-state index contributed by atoms with van der Waals surface area (Å²) in [5.74, 6) is -0.192. The van der Waals surface area contributed by atoms with Gasteiger partial charge in [-0.25, -0.2) is 0 Å². The van der Waals surface area contributed by atoms with Crippen molar-refractivity contribution >= 4 is 28.3 Å². The van der Waals surface area contributed by atoms with E-state index >= 15 is 0 Å². The topological polar surface area (TPSA) is 100 Å². The lowest BCUT2D eigenvalue weighted by atomic mass is 9.99. The first-order valence-corrected chi connectivity index (χ1v) is 10.1. The number of fused-ring (bicyclic) bond motifs is 1. The number of halogens is 1. The van der Waals surface area contributed by atoms with Crippen LogP contribution in [0.1, 0.15) is 34.5 Å². The number of H-pyrrole nitrogens is 1. The molecule has 1 amide bonds. The van der Waals surface area contributed by atoms with Gasteiger partial charge >= 0.3 is 0 Å².